The maximum absolute atomic E-state index is 13.3. The van der Waals surface area contributed by atoms with Gasteiger partial charge < -0.3 is 5.32 Å². The van der Waals surface area contributed by atoms with Crippen LogP contribution in [0.25, 0.3) is 0 Å². The Morgan fingerprint density at radius 3 is 1.93 bits per heavy atom. The van der Waals surface area contributed by atoms with Crippen LogP contribution in [0.3, 0.4) is 0 Å². The molecule has 5 nitrogen and oxygen atoms in total. The molecule has 150 valence electrons. The van der Waals surface area contributed by atoms with Crippen LogP contribution < -0.4 is 9.62 Å². The number of benzene rings is 3. The summed E-state index contributed by atoms with van der Waals surface area (Å²) < 4.78 is 27.7. The number of amides is 1. The van der Waals surface area contributed by atoms with Gasteiger partial charge >= 0.3 is 0 Å². The fraction of sp³-hybridized carbons (Fsp3) is 0.136. The van der Waals surface area contributed by atoms with Crippen molar-refractivity contribution in [1.29, 1.82) is 0 Å². The van der Waals surface area contributed by atoms with Crippen LogP contribution in [-0.2, 0) is 14.8 Å². The van der Waals surface area contributed by atoms with E-state index in [2.05, 4.69) is 5.32 Å². The molecule has 0 radical (unpaired) electrons. The summed E-state index contributed by atoms with van der Waals surface area (Å²) in [4.78, 5) is 12.8. The SMILES string of the molecule is Cc1ccc(N(CC(=O)Nc2ccc(Cl)cc2)S(=O)(=O)c2ccc(C)cc2)cc1. The van der Waals surface area contributed by atoms with E-state index in [4.69, 9.17) is 11.6 Å². The Kier molecular flexibility index (Phi) is 6.25. The molecule has 0 saturated carbocycles. The van der Waals surface area contributed by atoms with Gasteiger partial charge in [-0.3, -0.25) is 9.10 Å². The second kappa shape index (κ2) is 8.68. The van der Waals surface area contributed by atoms with Gasteiger partial charge in [-0.2, -0.15) is 0 Å². The van der Waals surface area contributed by atoms with Crippen molar-refractivity contribution in [2.45, 2.75) is 18.7 Å². The predicted molar refractivity (Wildman–Crippen MR) is 117 cm³/mol. The molecular weight excluding hydrogens is 408 g/mol. The Hall–Kier alpha value is -2.83. The largest absolute Gasteiger partial charge is 0.325 e. The number of carbonyl (C=O) groups excluding carboxylic acids is 1. The maximum Gasteiger partial charge on any atom is 0.264 e. The second-order valence-corrected chi connectivity index (χ2v) is 9.01. The summed E-state index contributed by atoms with van der Waals surface area (Å²) >= 11 is 5.86. The summed E-state index contributed by atoms with van der Waals surface area (Å²) in [6, 6.07) is 20.2. The van der Waals surface area contributed by atoms with Crippen molar-refractivity contribution in [1.82, 2.24) is 0 Å². The number of hydrogen-bond acceptors (Lipinski definition) is 3. The first-order valence-corrected chi connectivity index (χ1v) is 10.8. The number of nitrogens with one attached hydrogen (secondary N) is 1. The molecule has 0 aliphatic heterocycles. The smallest absolute Gasteiger partial charge is 0.264 e. The van der Waals surface area contributed by atoms with Crippen molar-refractivity contribution in [3.63, 3.8) is 0 Å². The molecule has 0 spiro atoms. The van der Waals surface area contributed by atoms with Crippen LogP contribution in [0.4, 0.5) is 11.4 Å². The lowest BCUT2D eigenvalue weighted by Crippen LogP contribution is -2.38. The molecule has 0 aliphatic carbocycles. The highest BCUT2D eigenvalue weighted by atomic mass is 35.5. The first-order valence-electron chi connectivity index (χ1n) is 8.97. The van der Waals surface area contributed by atoms with Crippen LogP contribution in [0.5, 0.6) is 0 Å². The number of anilines is 2. The Bertz CT molecular complexity index is 1090. The van der Waals surface area contributed by atoms with Gasteiger partial charge in [0, 0.05) is 10.7 Å². The van der Waals surface area contributed by atoms with Gasteiger partial charge in [0.1, 0.15) is 6.54 Å². The minimum absolute atomic E-state index is 0.128. The van der Waals surface area contributed by atoms with Crippen LogP contribution in [0.2, 0.25) is 5.02 Å². The second-order valence-electron chi connectivity index (χ2n) is 6.72. The zero-order valence-electron chi connectivity index (χ0n) is 16.1. The summed E-state index contributed by atoms with van der Waals surface area (Å²) in [5.41, 5.74) is 2.90. The highest BCUT2D eigenvalue weighted by molar-refractivity contribution is 7.92. The first kappa shape index (κ1) is 20.9. The highest BCUT2D eigenvalue weighted by Crippen LogP contribution is 2.24. The van der Waals surface area contributed by atoms with Crippen molar-refractivity contribution in [3.05, 3.63) is 88.9 Å². The molecule has 0 unspecified atom stereocenters. The van der Waals surface area contributed by atoms with Crippen molar-refractivity contribution in [2.24, 2.45) is 0 Å². The number of aryl methyl sites for hydroxylation is 2. The van der Waals surface area contributed by atoms with Crippen molar-refractivity contribution < 1.29 is 13.2 Å². The normalized spacial score (nSPS) is 11.1. The first-order chi connectivity index (χ1) is 13.8. The topological polar surface area (TPSA) is 66.5 Å². The van der Waals surface area contributed by atoms with E-state index in [1.165, 1.54) is 0 Å². The molecule has 3 rings (SSSR count). The zero-order valence-corrected chi connectivity index (χ0v) is 17.7. The van der Waals surface area contributed by atoms with Crippen LogP contribution >= 0.6 is 11.6 Å². The summed E-state index contributed by atoms with van der Waals surface area (Å²) in [6.07, 6.45) is 0. The van der Waals surface area contributed by atoms with Gasteiger partial charge in [-0.25, -0.2) is 8.42 Å². The van der Waals surface area contributed by atoms with E-state index in [0.717, 1.165) is 15.4 Å². The molecule has 0 saturated heterocycles. The monoisotopic (exact) mass is 428 g/mol. The number of halogens is 1. The Morgan fingerprint density at radius 2 is 1.38 bits per heavy atom. The number of hydrogen-bond donors (Lipinski definition) is 1. The lowest BCUT2D eigenvalue weighted by atomic mass is 10.2. The Labute approximate surface area is 176 Å². The zero-order chi connectivity index (χ0) is 21.0. The number of sulfonamides is 1. The maximum atomic E-state index is 13.3. The quantitative estimate of drug-likeness (QED) is 0.613. The summed E-state index contributed by atoms with van der Waals surface area (Å²) in [6.45, 7) is 3.44. The van der Waals surface area contributed by atoms with E-state index >= 15 is 0 Å². The third kappa shape index (κ3) is 5.16. The molecular formula is C22H21ClN2O3S. The fourth-order valence-electron chi connectivity index (χ4n) is 2.73. The average molecular weight is 429 g/mol. The molecule has 0 aliphatic rings. The minimum atomic E-state index is -3.93. The van der Waals surface area contributed by atoms with Crippen molar-refractivity contribution in [2.75, 3.05) is 16.2 Å². The third-order valence-corrected chi connectivity index (χ3v) is 6.39. The van der Waals surface area contributed by atoms with Gasteiger partial charge in [-0.05, 0) is 62.4 Å². The van der Waals surface area contributed by atoms with Gasteiger partial charge in [0.2, 0.25) is 5.91 Å². The molecule has 29 heavy (non-hydrogen) atoms. The van der Waals surface area contributed by atoms with Gasteiger partial charge in [-0.1, -0.05) is 47.0 Å². The van der Waals surface area contributed by atoms with Gasteiger partial charge in [0.05, 0.1) is 10.6 Å². The molecule has 1 N–H and O–H groups in total. The van der Waals surface area contributed by atoms with E-state index in [1.54, 1.807) is 60.7 Å². The Morgan fingerprint density at radius 1 is 0.862 bits per heavy atom. The molecule has 0 aromatic heterocycles. The molecule has 0 heterocycles. The van der Waals surface area contributed by atoms with Crippen LogP contribution in [0, 0.1) is 13.8 Å². The third-order valence-electron chi connectivity index (χ3n) is 4.35. The van der Waals surface area contributed by atoms with E-state index in [-0.39, 0.29) is 11.4 Å². The van der Waals surface area contributed by atoms with Crippen molar-refractivity contribution >= 4 is 38.9 Å². The van der Waals surface area contributed by atoms with Crippen LogP contribution in [-0.4, -0.2) is 20.9 Å². The number of nitrogens with zero attached hydrogens (tertiary/aromatic N) is 1. The summed E-state index contributed by atoms with van der Waals surface area (Å²) in [7, 11) is -3.93. The van der Waals surface area contributed by atoms with Gasteiger partial charge in [0.15, 0.2) is 0 Å². The molecule has 0 fully saturated rings. The Balaban J connectivity index is 1.92. The van der Waals surface area contributed by atoms with Crippen LogP contribution in [0.1, 0.15) is 11.1 Å². The number of rotatable bonds is 6. The van der Waals surface area contributed by atoms with E-state index in [0.29, 0.717) is 16.4 Å². The average Bonchev–Trinajstić information content (AvgIpc) is 2.69. The van der Waals surface area contributed by atoms with Crippen molar-refractivity contribution in [3.8, 4) is 0 Å². The highest BCUT2D eigenvalue weighted by Gasteiger charge is 2.27. The van der Waals surface area contributed by atoms with Gasteiger partial charge in [-0.15, -0.1) is 0 Å². The van der Waals surface area contributed by atoms with E-state index in [9.17, 15) is 13.2 Å². The van der Waals surface area contributed by atoms with E-state index < -0.39 is 15.9 Å². The molecule has 0 bridgehead atoms. The minimum Gasteiger partial charge on any atom is -0.325 e. The summed E-state index contributed by atoms with van der Waals surface area (Å²) in [5, 5.41) is 3.26. The molecule has 1 amide bonds. The molecule has 3 aromatic rings. The lowest BCUT2D eigenvalue weighted by Gasteiger charge is -2.24. The molecule has 0 atom stereocenters. The number of carbonyl (C=O) groups is 1. The van der Waals surface area contributed by atoms with Crippen LogP contribution in [0.15, 0.2) is 77.7 Å². The molecule has 7 heteroatoms. The standard InChI is InChI=1S/C22H21ClN2O3S/c1-16-3-11-20(12-4-16)25(29(27,28)21-13-5-17(2)6-14-21)15-22(26)24-19-9-7-18(23)8-10-19/h3-14H,15H2,1-2H3,(H,24,26). The predicted octanol–water partition coefficient (Wildman–Crippen LogP) is 4.79. The van der Waals surface area contributed by atoms with E-state index in [1.807, 2.05) is 26.0 Å². The fourth-order valence-corrected chi connectivity index (χ4v) is 4.27. The summed E-state index contributed by atoms with van der Waals surface area (Å²) in [5.74, 6) is -0.455. The lowest BCUT2D eigenvalue weighted by molar-refractivity contribution is -0.114. The molecule has 3 aromatic carbocycles. The van der Waals surface area contributed by atoms with Gasteiger partial charge in [0.25, 0.3) is 10.0 Å².